The van der Waals surface area contributed by atoms with E-state index in [0.29, 0.717) is 0 Å². The number of likely N-dealkylation sites (tertiary alicyclic amines) is 1. The van der Waals surface area contributed by atoms with Gasteiger partial charge in [-0.05, 0) is 31.6 Å². The first-order chi connectivity index (χ1) is 7.36. The van der Waals surface area contributed by atoms with Gasteiger partial charge in [-0.1, -0.05) is 25.0 Å². The second kappa shape index (κ2) is 4.98. The maximum Gasteiger partial charge on any atom is 0.0440 e. The van der Waals surface area contributed by atoms with Crippen LogP contribution in [0, 0.1) is 12.0 Å². The Morgan fingerprint density at radius 2 is 2.00 bits per heavy atom. The molecule has 0 amide bonds. The molecule has 1 saturated heterocycles. The summed E-state index contributed by atoms with van der Waals surface area (Å²) in [5.74, 6) is 0.925. The summed E-state index contributed by atoms with van der Waals surface area (Å²) in [6, 6.07) is 2.41. The third-order valence-electron chi connectivity index (χ3n) is 3.88. The lowest BCUT2D eigenvalue weighted by atomic mass is 9.84. The molecule has 2 aliphatic rings. The van der Waals surface area contributed by atoms with Gasteiger partial charge in [-0.3, -0.25) is 4.90 Å². The Bertz CT molecular complexity index is 233. The topological polar surface area (TPSA) is 3.24 Å². The van der Waals surface area contributed by atoms with Crippen LogP contribution in [0.2, 0.25) is 0 Å². The first-order valence-electron chi connectivity index (χ1n) is 6.20. The van der Waals surface area contributed by atoms with Gasteiger partial charge in [0.2, 0.25) is 0 Å². The summed E-state index contributed by atoms with van der Waals surface area (Å²) in [5, 5.41) is 0. The molecule has 0 aromatic carbocycles. The van der Waals surface area contributed by atoms with E-state index in [0.717, 1.165) is 24.9 Å². The van der Waals surface area contributed by atoms with Crippen LogP contribution in [0.5, 0.6) is 0 Å². The maximum atomic E-state index is 3.88. The first kappa shape index (κ1) is 10.9. The molecule has 1 heterocycles. The summed E-state index contributed by atoms with van der Waals surface area (Å²) in [6.45, 7) is 8.77. The molecule has 83 valence electrons. The Balaban J connectivity index is 2.05. The zero-order valence-corrected chi connectivity index (χ0v) is 9.62. The Morgan fingerprint density at radius 1 is 1.20 bits per heavy atom. The van der Waals surface area contributed by atoms with E-state index < -0.39 is 0 Å². The van der Waals surface area contributed by atoms with Crippen molar-refractivity contribution in [1.82, 2.24) is 4.90 Å². The Kier molecular flexibility index (Phi) is 3.63. The van der Waals surface area contributed by atoms with E-state index in [9.17, 15) is 0 Å². The summed E-state index contributed by atoms with van der Waals surface area (Å²) >= 11 is 0. The highest BCUT2D eigenvalue weighted by Crippen LogP contribution is 2.43. The number of nitrogens with zero attached hydrogens (tertiary/aromatic N) is 1. The van der Waals surface area contributed by atoms with Gasteiger partial charge < -0.3 is 0 Å². The molecule has 0 aromatic heterocycles. The van der Waals surface area contributed by atoms with Crippen molar-refractivity contribution in [3.05, 3.63) is 31.4 Å². The molecule has 1 saturated carbocycles. The third kappa shape index (κ3) is 2.17. The van der Waals surface area contributed by atoms with Crippen LogP contribution < -0.4 is 0 Å². The van der Waals surface area contributed by atoms with Crippen molar-refractivity contribution < 1.29 is 0 Å². The van der Waals surface area contributed by atoms with Crippen molar-refractivity contribution in [2.75, 3.05) is 6.54 Å². The molecule has 1 heteroatoms. The smallest absolute Gasteiger partial charge is 0.0440 e. The molecule has 0 N–H and O–H groups in total. The summed E-state index contributed by atoms with van der Waals surface area (Å²) < 4.78 is 0. The van der Waals surface area contributed by atoms with Crippen LogP contribution in [0.15, 0.2) is 25.3 Å². The average Bonchev–Trinajstić information content (AvgIpc) is 2.59. The second-order valence-corrected chi connectivity index (χ2v) is 4.82. The predicted octanol–water partition coefficient (Wildman–Crippen LogP) is 3.54. The van der Waals surface area contributed by atoms with Gasteiger partial charge in [0, 0.05) is 18.6 Å². The molecule has 0 spiro atoms. The van der Waals surface area contributed by atoms with Crippen molar-refractivity contribution in [2.24, 2.45) is 5.92 Å². The minimum absolute atomic E-state index is 0.812. The molecule has 1 nitrogen and oxygen atoms in total. The highest BCUT2D eigenvalue weighted by molar-refractivity contribution is 5.09. The van der Waals surface area contributed by atoms with Crippen LogP contribution >= 0.6 is 0 Å². The number of hydrogen-bond acceptors (Lipinski definition) is 1. The minimum Gasteiger partial charge on any atom is -0.289 e. The Labute approximate surface area is 93.9 Å². The molecule has 2 fully saturated rings. The summed E-state index contributed by atoms with van der Waals surface area (Å²) in [5.41, 5.74) is 0. The fourth-order valence-electron chi connectivity index (χ4n) is 3.26. The van der Waals surface area contributed by atoms with Crippen molar-refractivity contribution >= 4 is 0 Å². The molecule has 2 rings (SSSR count). The lowest BCUT2D eigenvalue weighted by Gasteiger charge is -2.32. The standard InChI is InChI=1S/C14H22N/c1-3-7-13-11-12-8-5-6-9-14(12)15(13)10-4-2/h3-4,12,14H,1-2,5-11H2. The number of rotatable bonds is 4. The van der Waals surface area contributed by atoms with Crippen LogP contribution in [0.1, 0.15) is 38.5 Å². The highest BCUT2D eigenvalue weighted by atomic mass is 15.2. The zero-order valence-electron chi connectivity index (χ0n) is 9.62. The molecular weight excluding hydrogens is 182 g/mol. The third-order valence-corrected chi connectivity index (χ3v) is 3.88. The van der Waals surface area contributed by atoms with Gasteiger partial charge in [0.1, 0.15) is 0 Å². The Morgan fingerprint density at radius 3 is 2.73 bits per heavy atom. The van der Waals surface area contributed by atoms with Crippen LogP contribution in [0.25, 0.3) is 0 Å². The molecule has 15 heavy (non-hydrogen) atoms. The van der Waals surface area contributed by atoms with Gasteiger partial charge in [-0.15, -0.1) is 13.2 Å². The maximum absolute atomic E-state index is 3.88. The number of hydrogen-bond donors (Lipinski definition) is 0. The highest BCUT2D eigenvalue weighted by Gasteiger charge is 2.40. The van der Waals surface area contributed by atoms with Crippen molar-refractivity contribution in [2.45, 2.75) is 44.6 Å². The van der Waals surface area contributed by atoms with Gasteiger partial charge in [0.15, 0.2) is 0 Å². The molecule has 1 aliphatic heterocycles. The molecule has 1 radical (unpaired) electrons. The molecule has 1 aliphatic carbocycles. The van der Waals surface area contributed by atoms with Crippen LogP contribution in [0.4, 0.5) is 0 Å². The zero-order chi connectivity index (χ0) is 10.7. The van der Waals surface area contributed by atoms with E-state index in [2.05, 4.69) is 18.1 Å². The van der Waals surface area contributed by atoms with Gasteiger partial charge in [-0.25, -0.2) is 0 Å². The predicted molar refractivity (Wildman–Crippen MR) is 65.3 cm³/mol. The summed E-state index contributed by atoms with van der Waals surface area (Å²) in [7, 11) is 0. The van der Waals surface area contributed by atoms with E-state index in [1.54, 1.807) is 6.04 Å². The Hall–Kier alpha value is -0.560. The van der Waals surface area contributed by atoms with E-state index in [-0.39, 0.29) is 0 Å². The largest absolute Gasteiger partial charge is 0.289 e. The number of fused-ring (bicyclic) bond motifs is 1. The van der Waals surface area contributed by atoms with Crippen LogP contribution in [-0.4, -0.2) is 17.5 Å². The van der Waals surface area contributed by atoms with Gasteiger partial charge in [-0.2, -0.15) is 0 Å². The van der Waals surface area contributed by atoms with E-state index in [1.807, 2.05) is 12.2 Å². The van der Waals surface area contributed by atoms with Gasteiger partial charge >= 0.3 is 0 Å². The second-order valence-electron chi connectivity index (χ2n) is 4.82. The van der Waals surface area contributed by atoms with E-state index in [4.69, 9.17) is 0 Å². The van der Waals surface area contributed by atoms with Crippen LogP contribution in [0.3, 0.4) is 0 Å². The SMILES string of the molecule is C=CC[C]1CC2CCCCC2N1CC=C. The van der Waals surface area contributed by atoms with Gasteiger partial charge in [0.05, 0.1) is 0 Å². The first-order valence-corrected chi connectivity index (χ1v) is 6.20. The van der Waals surface area contributed by atoms with Crippen LogP contribution in [-0.2, 0) is 0 Å². The minimum atomic E-state index is 0.812. The molecule has 2 atom stereocenters. The lowest BCUT2D eigenvalue weighted by Crippen LogP contribution is -2.35. The van der Waals surface area contributed by atoms with Crippen molar-refractivity contribution in [3.8, 4) is 0 Å². The van der Waals surface area contributed by atoms with Crippen molar-refractivity contribution in [1.29, 1.82) is 0 Å². The average molecular weight is 204 g/mol. The van der Waals surface area contributed by atoms with Crippen molar-refractivity contribution in [3.63, 3.8) is 0 Å². The normalized spacial score (nSPS) is 32.5. The van der Waals surface area contributed by atoms with E-state index in [1.165, 1.54) is 32.1 Å². The van der Waals surface area contributed by atoms with E-state index >= 15 is 0 Å². The summed E-state index contributed by atoms with van der Waals surface area (Å²) in [6.07, 6.45) is 12.1. The summed E-state index contributed by atoms with van der Waals surface area (Å²) in [4.78, 5) is 2.60. The van der Waals surface area contributed by atoms with Gasteiger partial charge in [0.25, 0.3) is 0 Å². The molecule has 2 unspecified atom stereocenters. The molecule has 0 bridgehead atoms. The monoisotopic (exact) mass is 204 g/mol. The fourth-order valence-corrected chi connectivity index (χ4v) is 3.26. The fraction of sp³-hybridized carbons (Fsp3) is 0.643. The molecule has 0 aromatic rings. The quantitative estimate of drug-likeness (QED) is 0.633. The molecular formula is C14H22N. The lowest BCUT2D eigenvalue weighted by molar-refractivity contribution is 0.197.